The molecule has 3 aromatic rings. The molecule has 1 aliphatic rings. The Morgan fingerprint density at radius 3 is 2.50 bits per heavy atom. The SMILES string of the molecule is Cc1ccc(-c2nc3c(c4nc(C(F)(F)F)nn24)C=C(C(C)(C)O)C3)o1. The first-order valence-corrected chi connectivity index (χ1v) is 7.91. The molecule has 1 aliphatic carbocycles. The first kappa shape index (κ1) is 16.8. The van der Waals surface area contributed by atoms with E-state index in [-0.39, 0.29) is 11.5 Å². The van der Waals surface area contributed by atoms with Crippen LogP contribution < -0.4 is 0 Å². The summed E-state index contributed by atoms with van der Waals surface area (Å²) in [6.07, 6.45) is -2.74. The lowest BCUT2D eigenvalue weighted by molar-refractivity contribution is -0.144. The van der Waals surface area contributed by atoms with Gasteiger partial charge in [-0.2, -0.15) is 17.7 Å². The standard InChI is InChI=1S/C17H15F3N4O2/c1-8-4-5-12(26-8)14-21-11-7-9(16(2,3)25)6-10(11)13-22-15(17(18,19)20)23-24(13)14/h4-6,25H,7H2,1-3H3. The van der Waals surface area contributed by atoms with E-state index in [0.717, 1.165) is 4.52 Å². The number of nitrogens with zero attached hydrogens (tertiary/aromatic N) is 4. The molecule has 0 atom stereocenters. The second-order valence-corrected chi connectivity index (χ2v) is 6.78. The summed E-state index contributed by atoms with van der Waals surface area (Å²) in [7, 11) is 0. The van der Waals surface area contributed by atoms with Gasteiger partial charge in [0.1, 0.15) is 5.76 Å². The third-order valence-electron chi connectivity index (χ3n) is 4.28. The summed E-state index contributed by atoms with van der Waals surface area (Å²) in [4.78, 5) is 8.14. The highest BCUT2D eigenvalue weighted by molar-refractivity contribution is 5.76. The van der Waals surface area contributed by atoms with Gasteiger partial charge in [-0.1, -0.05) is 0 Å². The lowest BCUT2D eigenvalue weighted by Crippen LogP contribution is -2.21. The first-order chi connectivity index (χ1) is 12.0. The van der Waals surface area contributed by atoms with Crippen LogP contribution in [0.2, 0.25) is 0 Å². The highest BCUT2D eigenvalue weighted by Crippen LogP contribution is 2.36. The minimum Gasteiger partial charge on any atom is -0.458 e. The fourth-order valence-electron chi connectivity index (χ4n) is 2.91. The average molecular weight is 364 g/mol. The maximum Gasteiger partial charge on any atom is 0.453 e. The van der Waals surface area contributed by atoms with Gasteiger partial charge in [0.2, 0.25) is 0 Å². The van der Waals surface area contributed by atoms with Gasteiger partial charge in [0.15, 0.2) is 17.2 Å². The van der Waals surface area contributed by atoms with E-state index in [0.29, 0.717) is 34.8 Å². The summed E-state index contributed by atoms with van der Waals surface area (Å²) in [6.45, 7) is 4.96. The molecule has 136 valence electrons. The first-order valence-electron chi connectivity index (χ1n) is 7.91. The number of halogens is 3. The lowest BCUT2D eigenvalue weighted by Gasteiger charge is -2.18. The van der Waals surface area contributed by atoms with E-state index < -0.39 is 17.6 Å². The van der Waals surface area contributed by atoms with E-state index >= 15 is 0 Å². The molecule has 0 aromatic carbocycles. The second kappa shape index (κ2) is 5.16. The molecule has 3 aromatic heterocycles. The molecule has 26 heavy (non-hydrogen) atoms. The molecule has 0 unspecified atom stereocenters. The van der Waals surface area contributed by atoms with Crippen LogP contribution in [-0.4, -0.2) is 30.3 Å². The molecule has 0 amide bonds. The predicted molar refractivity (Wildman–Crippen MR) is 86.2 cm³/mol. The van der Waals surface area contributed by atoms with Crippen molar-refractivity contribution in [1.82, 2.24) is 19.6 Å². The fourth-order valence-corrected chi connectivity index (χ4v) is 2.91. The fraction of sp³-hybridized carbons (Fsp3) is 0.353. The number of hydrogen-bond donors (Lipinski definition) is 1. The zero-order valence-electron chi connectivity index (χ0n) is 14.2. The summed E-state index contributed by atoms with van der Waals surface area (Å²) in [5.41, 5.74) is 0.514. The van der Waals surface area contributed by atoms with Crippen molar-refractivity contribution in [2.24, 2.45) is 0 Å². The van der Waals surface area contributed by atoms with Crippen LogP contribution in [0.25, 0.3) is 23.3 Å². The summed E-state index contributed by atoms with van der Waals surface area (Å²) in [5, 5.41) is 13.8. The Morgan fingerprint density at radius 2 is 1.92 bits per heavy atom. The second-order valence-electron chi connectivity index (χ2n) is 6.78. The third-order valence-corrected chi connectivity index (χ3v) is 4.28. The van der Waals surface area contributed by atoms with Crippen molar-refractivity contribution < 1.29 is 22.7 Å². The topological polar surface area (TPSA) is 76.5 Å². The minimum absolute atomic E-state index is 0.0330. The molecule has 0 saturated heterocycles. The van der Waals surface area contributed by atoms with Crippen LogP contribution in [0.15, 0.2) is 22.1 Å². The molecule has 0 spiro atoms. The van der Waals surface area contributed by atoms with Gasteiger partial charge >= 0.3 is 6.18 Å². The van der Waals surface area contributed by atoms with Crippen molar-refractivity contribution in [2.45, 2.75) is 39.0 Å². The monoisotopic (exact) mass is 364 g/mol. The van der Waals surface area contributed by atoms with Gasteiger partial charge in [-0.05, 0) is 44.6 Å². The average Bonchev–Trinajstić information content (AvgIpc) is 3.20. The molecule has 0 saturated carbocycles. The molecule has 0 bridgehead atoms. The van der Waals surface area contributed by atoms with Gasteiger partial charge in [-0.15, -0.1) is 5.10 Å². The number of aliphatic hydroxyl groups is 1. The van der Waals surface area contributed by atoms with Crippen molar-refractivity contribution in [3.05, 3.63) is 40.5 Å². The number of aromatic nitrogens is 4. The zero-order valence-corrected chi connectivity index (χ0v) is 14.2. The molecule has 1 N–H and O–H groups in total. The molecule has 6 nitrogen and oxygen atoms in total. The van der Waals surface area contributed by atoms with E-state index in [1.807, 2.05) is 0 Å². The van der Waals surface area contributed by atoms with Crippen molar-refractivity contribution in [3.8, 4) is 11.6 Å². The number of fused-ring (bicyclic) bond motifs is 3. The summed E-state index contributed by atoms with van der Waals surface area (Å²) in [5.74, 6) is -0.213. The number of alkyl halides is 3. The van der Waals surface area contributed by atoms with Crippen molar-refractivity contribution in [3.63, 3.8) is 0 Å². The van der Waals surface area contributed by atoms with Gasteiger partial charge in [-0.3, -0.25) is 0 Å². The third kappa shape index (κ3) is 2.59. The molecule has 0 aliphatic heterocycles. The normalized spacial score (nSPS) is 14.8. The molecule has 0 fully saturated rings. The zero-order chi connectivity index (χ0) is 18.9. The van der Waals surface area contributed by atoms with Crippen LogP contribution in [-0.2, 0) is 12.6 Å². The van der Waals surface area contributed by atoms with Crippen LogP contribution in [0.5, 0.6) is 0 Å². The molecule has 3 heterocycles. The van der Waals surface area contributed by atoms with E-state index in [4.69, 9.17) is 4.42 Å². The van der Waals surface area contributed by atoms with Crippen molar-refractivity contribution in [2.75, 3.05) is 0 Å². The van der Waals surface area contributed by atoms with Gasteiger partial charge in [0.25, 0.3) is 5.82 Å². The minimum atomic E-state index is -4.68. The highest BCUT2D eigenvalue weighted by atomic mass is 19.4. The van der Waals surface area contributed by atoms with Gasteiger partial charge in [0.05, 0.1) is 11.3 Å². The predicted octanol–water partition coefficient (Wildman–Crippen LogP) is 3.42. The van der Waals surface area contributed by atoms with E-state index in [9.17, 15) is 18.3 Å². The molecule has 4 rings (SSSR count). The Morgan fingerprint density at radius 1 is 1.19 bits per heavy atom. The van der Waals surface area contributed by atoms with Gasteiger partial charge in [0, 0.05) is 12.0 Å². The maximum atomic E-state index is 13.1. The van der Waals surface area contributed by atoms with E-state index in [2.05, 4.69) is 15.1 Å². The summed E-state index contributed by atoms with van der Waals surface area (Å²) < 4.78 is 46.0. The van der Waals surface area contributed by atoms with Crippen molar-refractivity contribution in [1.29, 1.82) is 0 Å². The maximum absolute atomic E-state index is 13.1. The number of aryl methyl sites for hydroxylation is 1. The van der Waals surface area contributed by atoms with Crippen LogP contribution in [0.1, 0.15) is 36.7 Å². The Labute approximate surface area is 146 Å². The molecular weight excluding hydrogens is 349 g/mol. The van der Waals surface area contributed by atoms with Crippen LogP contribution in [0, 0.1) is 6.92 Å². The Hall–Kier alpha value is -2.68. The van der Waals surface area contributed by atoms with E-state index in [1.165, 1.54) is 0 Å². The molecule has 0 radical (unpaired) electrons. The largest absolute Gasteiger partial charge is 0.458 e. The van der Waals surface area contributed by atoms with Crippen LogP contribution in [0.3, 0.4) is 0 Å². The smallest absolute Gasteiger partial charge is 0.453 e. The summed E-state index contributed by atoms with van der Waals surface area (Å²) >= 11 is 0. The Balaban J connectivity index is 2.01. The van der Waals surface area contributed by atoms with Gasteiger partial charge < -0.3 is 9.52 Å². The Kier molecular flexibility index (Phi) is 3.33. The lowest BCUT2D eigenvalue weighted by atomic mass is 9.97. The van der Waals surface area contributed by atoms with Crippen molar-refractivity contribution >= 4 is 11.7 Å². The quantitative estimate of drug-likeness (QED) is 0.754. The Bertz CT molecular complexity index is 1050. The highest BCUT2D eigenvalue weighted by Gasteiger charge is 2.38. The number of hydrogen-bond acceptors (Lipinski definition) is 5. The van der Waals surface area contributed by atoms with Crippen LogP contribution in [0.4, 0.5) is 13.2 Å². The number of rotatable bonds is 2. The molecule has 9 heteroatoms. The van der Waals surface area contributed by atoms with Crippen LogP contribution >= 0.6 is 0 Å². The van der Waals surface area contributed by atoms with E-state index in [1.54, 1.807) is 39.0 Å². The van der Waals surface area contributed by atoms with Gasteiger partial charge in [-0.25, -0.2) is 9.97 Å². The number of furan rings is 1. The molecular formula is C17H15F3N4O2. The summed E-state index contributed by atoms with van der Waals surface area (Å²) in [6, 6.07) is 3.32.